The molecule has 0 aromatic carbocycles. The molecule has 0 radical (unpaired) electrons. The Hall–Kier alpha value is -1.06. The van der Waals surface area contributed by atoms with Crippen LogP contribution in [0.25, 0.3) is 0 Å². The van der Waals surface area contributed by atoms with Crippen molar-refractivity contribution in [3.05, 3.63) is 0 Å². The van der Waals surface area contributed by atoms with E-state index in [4.69, 9.17) is 9.47 Å². The molecule has 232 valence electrons. The van der Waals surface area contributed by atoms with Gasteiger partial charge in [0.15, 0.2) is 0 Å². The maximum atomic E-state index is 11.9. The summed E-state index contributed by atoms with van der Waals surface area (Å²) in [4.78, 5) is 23.4. The van der Waals surface area contributed by atoms with E-state index in [1.807, 2.05) is 13.8 Å². The fraction of sp³-hybridized carbons (Fsp3) is 0.943. The van der Waals surface area contributed by atoms with Crippen molar-refractivity contribution in [2.75, 3.05) is 6.61 Å². The molecule has 0 saturated carbocycles. The topological polar surface area (TPSA) is 52.6 Å². The minimum absolute atomic E-state index is 0.00976. The van der Waals surface area contributed by atoms with E-state index in [1.54, 1.807) is 0 Å². The lowest BCUT2D eigenvalue weighted by molar-refractivity contribution is -0.147. The van der Waals surface area contributed by atoms with E-state index in [9.17, 15) is 9.59 Å². The summed E-state index contributed by atoms with van der Waals surface area (Å²) in [6.07, 6.45) is 32.0. The zero-order chi connectivity index (χ0) is 28.8. The standard InChI is InChI=1S/C35H68O4/c1-5-7-28-33(6-2)31-38-34(36)29-26-24-22-20-18-16-14-12-10-8-9-11-13-15-17-19-21-23-25-27-30-35(37)39-32(3)4/h32-33H,5-31H2,1-4H3. The molecule has 0 aromatic rings. The number of rotatable bonds is 30. The SMILES string of the molecule is CCCCC(CC)COC(=O)CCCCCCCCCCCCCCCCCCCCCCC(=O)OC(C)C. The summed E-state index contributed by atoms with van der Waals surface area (Å²) in [5, 5.41) is 0. The maximum absolute atomic E-state index is 11.9. The summed E-state index contributed by atoms with van der Waals surface area (Å²) in [6.45, 7) is 8.85. The van der Waals surface area contributed by atoms with E-state index in [2.05, 4.69) is 13.8 Å². The highest BCUT2D eigenvalue weighted by atomic mass is 16.5. The third kappa shape index (κ3) is 29.7. The van der Waals surface area contributed by atoms with Crippen LogP contribution in [0.3, 0.4) is 0 Å². The molecule has 0 spiro atoms. The van der Waals surface area contributed by atoms with Crippen LogP contribution < -0.4 is 0 Å². The number of hydrogen-bond donors (Lipinski definition) is 0. The van der Waals surface area contributed by atoms with Gasteiger partial charge in [-0.1, -0.05) is 149 Å². The summed E-state index contributed by atoms with van der Waals surface area (Å²) >= 11 is 0. The van der Waals surface area contributed by atoms with Crippen molar-refractivity contribution in [1.29, 1.82) is 0 Å². The largest absolute Gasteiger partial charge is 0.465 e. The summed E-state index contributed by atoms with van der Waals surface area (Å²) in [7, 11) is 0. The fourth-order valence-electron chi connectivity index (χ4n) is 5.22. The number of ether oxygens (including phenoxy) is 2. The Morgan fingerprint density at radius 3 is 1.21 bits per heavy atom. The molecular formula is C35H68O4. The zero-order valence-electron chi connectivity index (χ0n) is 26.9. The van der Waals surface area contributed by atoms with Crippen molar-refractivity contribution < 1.29 is 19.1 Å². The van der Waals surface area contributed by atoms with Crippen LogP contribution >= 0.6 is 0 Å². The smallest absolute Gasteiger partial charge is 0.306 e. The number of unbranched alkanes of at least 4 members (excludes halogenated alkanes) is 20. The molecule has 1 atom stereocenters. The summed E-state index contributed by atoms with van der Waals surface area (Å²) in [5.74, 6) is 0.518. The molecule has 1 unspecified atom stereocenters. The molecule has 4 nitrogen and oxygen atoms in total. The molecule has 0 amide bonds. The van der Waals surface area contributed by atoms with Gasteiger partial charge in [-0.05, 0) is 39.0 Å². The van der Waals surface area contributed by atoms with Gasteiger partial charge >= 0.3 is 11.9 Å². The van der Waals surface area contributed by atoms with E-state index in [0.29, 0.717) is 25.4 Å². The lowest BCUT2D eigenvalue weighted by atomic mass is 10.0. The molecule has 0 aliphatic rings. The number of carbonyl (C=O) groups is 2. The lowest BCUT2D eigenvalue weighted by Gasteiger charge is -2.14. The van der Waals surface area contributed by atoms with Crippen molar-refractivity contribution in [3.63, 3.8) is 0 Å². The lowest BCUT2D eigenvalue weighted by Crippen LogP contribution is -2.13. The highest BCUT2D eigenvalue weighted by molar-refractivity contribution is 5.69. The van der Waals surface area contributed by atoms with Crippen LogP contribution in [0.4, 0.5) is 0 Å². The van der Waals surface area contributed by atoms with E-state index in [1.165, 1.54) is 128 Å². The molecule has 0 N–H and O–H groups in total. The first-order chi connectivity index (χ1) is 19.0. The second-order valence-corrected chi connectivity index (χ2v) is 12.2. The Morgan fingerprint density at radius 2 is 0.872 bits per heavy atom. The Bertz CT molecular complexity index is 531. The number of esters is 2. The monoisotopic (exact) mass is 553 g/mol. The van der Waals surface area contributed by atoms with E-state index in [0.717, 1.165) is 25.7 Å². The van der Waals surface area contributed by atoms with Crippen molar-refractivity contribution in [2.45, 2.75) is 201 Å². The van der Waals surface area contributed by atoms with Crippen molar-refractivity contribution in [2.24, 2.45) is 5.92 Å². The van der Waals surface area contributed by atoms with Crippen LogP contribution in [0.1, 0.15) is 195 Å². The normalized spacial score (nSPS) is 12.1. The predicted molar refractivity (Wildman–Crippen MR) is 167 cm³/mol. The third-order valence-corrected chi connectivity index (χ3v) is 7.90. The van der Waals surface area contributed by atoms with Gasteiger partial charge in [0, 0.05) is 12.8 Å². The van der Waals surface area contributed by atoms with Crippen LogP contribution in [0.5, 0.6) is 0 Å². The van der Waals surface area contributed by atoms with Gasteiger partial charge in [-0.3, -0.25) is 9.59 Å². The van der Waals surface area contributed by atoms with Gasteiger partial charge in [-0.15, -0.1) is 0 Å². The van der Waals surface area contributed by atoms with Crippen LogP contribution in [0, 0.1) is 5.92 Å². The Kier molecular flexibility index (Phi) is 29.1. The first-order valence-corrected chi connectivity index (χ1v) is 17.3. The zero-order valence-corrected chi connectivity index (χ0v) is 26.9. The number of carbonyl (C=O) groups excluding carboxylic acids is 2. The average Bonchev–Trinajstić information content (AvgIpc) is 2.91. The molecule has 0 aliphatic carbocycles. The number of hydrogen-bond acceptors (Lipinski definition) is 4. The minimum Gasteiger partial charge on any atom is -0.465 e. The summed E-state index contributed by atoms with van der Waals surface area (Å²) in [5.41, 5.74) is 0. The first-order valence-electron chi connectivity index (χ1n) is 17.3. The van der Waals surface area contributed by atoms with E-state index in [-0.39, 0.29) is 18.0 Å². The van der Waals surface area contributed by atoms with Gasteiger partial charge in [-0.25, -0.2) is 0 Å². The molecule has 4 heteroatoms. The molecule has 0 heterocycles. The molecule has 0 rings (SSSR count). The second kappa shape index (κ2) is 29.9. The van der Waals surface area contributed by atoms with Crippen LogP contribution in [-0.4, -0.2) is 24.6 Å². The first kappa shape index (κ1) is 37.9. The molecule has 0 bridgehead atoms. The highest BCUT2D eigenvalue weighted by Gasteiger charge is 2.10. The molecular weight excluding hydrogens is 484 g/mol. The highest BCUT2D eigenvalue weighted by Crippen LogP contribution is 2.16. The third-order valence-electron chi connectivity index (χ3n) is 7.90. The maximum Gasteiger partial charge on any atom is 0.306 e. The van der Waals surface area contributed by atoms with Crippen LogP contribution in [0.15, 0.2) is 0 Å². The van der Waals surface area contributed by atoms with Gasteiger partial charge < -0.3 is 9.47 Å². The molecule has 0 saturated heterocycles. The molecule has 0 aromatic heterocycles. The summed E-state index contributed by atoms with van der Waals surface area (Å²) < 4.78 is 10.7. The van der Waals surface area contributed by atoms with Gasteiger partial charge in [0.05, 0.1) is 12.7 Å². The summed E-state index contributed by atoms with van der Waals surface area (Å²) in [6, 6.07) is 0. The van der Waals surface area contributed by atoms with Gasteiger partial charge in [0.25, 0.3) is 0 Å². The van der Waals surface area contributed by atoms with Gasteiger partial charge in [0.2, 0.25) is 0 Å². The fourth-order valence-corrected chi connectivity index (χ4v) is 5.22. The molecule has 39 heavy (non-hydrogen) atoms. The van der Waals surface area contributed by atoms with Crippen molar-refractivity contribution in [1.82, 2.24) is 0 Å². The van der Waals surface area contributed by atoms with E-state index < -0.39 is 0 Å². The van der Waals surface area contributed by atoms with E-state index >= 15 is 0 Å². The Balaban J connectivity index is 3.23. The van der Waals surface area contributed by atoms with Crippen LogP contribution in [-0.2, 0) is 19.1 Å². The predicted octanol–water partition coefficient (Wildman–Crippen LogP) is 11.3. The Morgan fingerprint density at radius 1 is 0.513 bits per heavy atom. The van der Waals surface area contributed by atoms with Crippen LogP contribution in [0.2, 0.25) is 0 Å². The Labute approximate surface area is 244 Å². The molecule has 0 aliphatic heterocycles. The van der Waals surface area contributed by atoms with Crippen molar-refractivity contribution >= 4 is 11.9 Å². The quantitative estimate of drug-likeness (QED) is 0.0656. The van der Waals surface area contributed by atoms with Crippen molar-refractivity contribution in [3.8, 4) is 0 Å². The van der Waals surface area contributed by atoms with Gasteiger partial charge in [0.1, 0.15) is 0 Å². The van der Waals surface area contributed by atoms with Gasteiger partial charge in [-0.2, -0.15) is 0 Å². The molecule has 0 fully saturated rings. The average molecular weight is 553 g/mol. The minimum atomic E-state index is -0.0399. The second-order valence-electron chi connectivity index (χ2n) is 12.2.